The summed E-state index contributed by atoms with van der Waals surface area (Å²) in [4.78, 5) is 17.9. The fourth-order valence-electron chi connectivity index (χ4n) is 2.05. The Morgan fingerprint density at radius 1 is 1.56 bits per heavy atom. The van der Waals surface area contributed by atoms with Gasteiger partial charge in [-0.2, -0.15) is 0 Å². The average molecular weight is 255 g/mol. The molecule has 1 fully saturated rings. The number of amides is 1. The minimum absolute atomic E-state index is 0.00137. The van der Waals surface area contributed by atoms with Crippen molar-refractivity contribution in [2.45, 2.75) is 51.5 Å². The van der Waals surface area contributed by atoms with Gasteiger partial charge in [0.05, 0.1) is 19.1 Å². The number of ether oxygens (including phenoxy) is 2. The van der Waals surface area contributed by atoms with Gasteiger partial charge in [0.25, 0.3) is 0 Å². The Kier molecular flexibility index (Phi) is 3.23. The molecule has 18 heavy (non-hydrogen) atoms. The minimum atomic E-state index is -0.476. The maximum atomic E-state index is 11.9. The molecule has 2 aliphatic rings. The molecular weight excluding hydrogens is 234 g/mol. The number of hydrogen-bond acceptors (Lipinski definition) is 5. The van der Waals surface area contributed by atoms with Crippen molar-refractivity contribution in [1.29, 1.82) is 0 Å². The summed E-state index contributed by atoms with van der Waals surface area (Å²) in [5, 5.41) is 0. The molecule has 0 aliphatic carbocycles. The van der Waals surface area contributed by atoms with E-state index in [1.54, 1.807) is 4.90 Å². The molecule has 0 radical (unpaired) electrons. The number of aliphatic imine (C=N–C) groups is 1. The molecular formula is C12H21N3O3. The van der Waals surface area contributed by atoms with E-state index in [-0.39, 0.29) is 24.3 Å². The summed E-state index contributed by atoms with van der Waals surface area (Å²) >= 11 is 0. The van der Waals surface area contributed by atoms with Gasteiger partial charge in [0.1, 0.15) is 17.7 Å². The van der Waals surface area contributed by atoms with Gasteiger partial charge < -0.3 is 20.1 Å². The lowest BCUT2D eigenvalue weighted by Gasteiger charge is -2.24. The summed E-state index contributed by atoms with van der Waals surface area (Å²) in [5.41, 5.74) is 5.24. The van der Waals surface area contributed by atoms with E-state index in [2.05, 4.69) is 4.99 Å². The normalized spacial score (nSPS) is 28.5. The van der Waals surface area contributed by atoms with E-state index in [0.717, 1.165) is 0 Å². The molecule has 2 heterocycles. The van der Waals surface area contributed by atoms with Crippen LogP contribution < -0.4 is 5.73 Å². The van der Waals surface area contributed by atoms with Crippen LogP contribution in [-0.2, 0) is 9.47 Å². The number of nitrogens with two attached hydrogens (primary N) is 1. The second-order valence-corrected chi connectivity index (χ2v) is 5.86. The summed E-state index contributed by atoms with van der Waals surface area (Å²) in [6, 6.07) is -0.191. The van der Waals surface area contributed by atoms with Crippen molar-refractivity contribution < 1.29 is 14.3 Å². The molecule has 0 saturated carbocycles. The Morgan fingerprint density at radius 3 is 2.72 bits per heavy atom. The lowest BCUT2D eigenvalue weighted by atomic mass is 10.2. The number of fused-ring (bicyclic) bond motifs is 1. The first kappa shape index (κ1) is 13.1. The molecule has 2 aliphatic heterocycles. The molecule has 3 atom stereocenters. The largest absolute Gasteiger partial charge is 0.472 e. The van der Waals surface area contributed by atoms with Crippen molar-refractivity contribution in [1.82, 2.24) is 4.90 Å². The van der Waals surface area contributed by atoms with Gasteiger partial charge in [0, 0.05) is 0 Å². The monoisotopic (exact) mass is 255 g/mol. The number of likely N-dealkylation sites (tertiary alicyclic amines) is 1. The van der Waals surface area contributed by atoms with Gasteiger partial charge in [0.15, 0.2) is 0 Å². The van der Waals surface area contributed by atoms with Gasteiger partial charge in [0.2, 0.25) is 5.90 Å². The maximum absolute atomic E-state index is 11.9. The standard InChI is InChI=1S/C12H21N3O3/c1-7(13)10-14-8-5-15(6-9(8)17-10)11(16)18-12(2,3)4/h7-9H,5-6,13H2,1-4H3. The van der Waals surface area contributed by atoms with Gasteiger partial charge in [-0.3, -0.25) is 0 Å². The van der Waals surface area contributed by atoms with E-state index >= 15 is 0 Å². The molecule has 6 heteroatoms. The van der Waals surface area contributed by atoms with Gasteiger partial charge >= 0.3 is 6.09 Å². The Labute approximate surface area is 107 Å². The summed E-state index contributed by atoms with van der Waals surface area (Å²) in [6.45, 7) is 8.45. The van der Waals surface area contributed by atoms with Gasteiger partial charge in [-0.15, -0.1) is 0 Å². The fourth-order valence-corrected chi connectivity index (χ4v) is 2.05. The van der Waals surface area contributed by atoms with Crippen molar-refractivity contribution in [3.05, 3.63) is 0 Å². The first-order chi connectivity index (χ1) is 8.26. The fraction of sp³-hybridized carbons (Fsp3) is 0.833. The molecule has 2 rings (SSSR count). The van der Waals surface area contributed by atoms with Crippen LogP contribution in [0.3, 0.4) is 0 Å². The van der Waals surface area contributed by atoms with E-state index in [4.69, 9.17) is 15.2 Å². The van der Waals surface area contributed by atoms with Crippen LogP contribution in [-0.4, -0.2) is 53.8 Å². The zero-order valence-electron chi connectivity index (χ0n) is 11.3. The second-order valence-electron chi connectivity index (χ2n) is 5.86. The first-order valence-electron chi connectivity index (χ1n) is 6.24. The summed E-state index contributed by atoms with van der Waals surface area (Å²) in [6.07, 6.45) is -0.378. The van der Waals surface area contributed by atoms with E-state index in [0.29, 0.717) is 19.0 Å². The molecule has 1 saturated heterocycles. The lowest BCUT2D eigenvalue weighted by molar-refractivity contribution is 0.0271. The van der Waals surface area contributed by atoms with Crippen molar-refractivity contribution in [2.24, 2.45) is 10.7 Å². The number of nitrogens with zero attached hydrogens (tertiary/aromatic N) is 2. The third-order valence-corrected chi connectivity index (χ3v) is 2.84. The third kappa shape index (κ3) is 2.75. The summed E-state index contributed by atoms with van der Waals surface area (Å²) < 4.78 is 11.0. The highest BCUT2D eigenvalue weighted by molar-refractivity contribution is 5.83. The molecule has 2 N–H and O–H groups in total. The van der Waals surface area contributed by atoms with Crippen molar-refractivity contribution in [3.63, 3.8) is 0 Å². The SMILES string of the molecule is CC(N)C1=NC2CN(C(=O)OC(C)(C)C)CC2O1. The Hall–Kier alpha value is -1.30. The molecule has 6 nitrogen and oxygen atoms in total. The van der Waals surface area contributed by atoms with Crippen LogP contribution in [0, 0.1) is 0 Å². The van der Waals surface area contributed by atoms with E-state index < -0.39 is 5.60 Å². The van der Waals surface area contributed by atoms with Crippen molar-refractivity contribution >= 4 is 12.0 Å². The van der Waals surface area contributed by atoms with Crippen LogP contribution in [0.5, 0.6) is 0 Å². The van der Waals surface area contributed by atoms with Crippen LogP contribution in [0.4, 0.5) is 4.79 Å². The highest BCUT2D eigenvalue weighted by Crippen LogP contribution is 2.24. The molecule has 0 spiro atoms. The van der Waals surface area contributed by atoms with Gasteiger partial charge in [-0.05, 0) is 27.7 Å². The smallest absolute Gasteiger partial charge is 0.410 e. The number of carbonyl (C=O) groups is 1. The van der Waals surface area contributed by atoms with Crippen molar-refractivity contribution in [3.8, 4) is 0 Å². The lowest BCUT2D eigenvalue weighted by Crippen LogP contribution is -2.37. The molecule has 0 bridgehead atoms. The highest BCUT2D eigenvalue weighted by Gasteiger charge is 2.43. The number of hydrogen-bond donors (Lipinski definition) is 1. The average Bonchev–Trinajstić information content (AvgIpc) is 2.69. The predicted molar refractivity (Wildman–Crippen MR) is 67.6 cm³/mol. The maximum Gasteiger partial charge on any atom is 0.410 e. The topological polar surface area (TPSA) is 77.2 Å². The van der Waals surface area contributed by atoms with Gasteiger partial charge in [-0.25, -0.2) is 9.79 Å². The highest BCUT2D eigenvalue weighted by atomic mass is 16.6. The quantitative estimate of drug-likeness (QED) is 0.750. The number of carbonyl (C=O) groups excluding carboxylic acids is 1. The van der Waals surface area contributed by atoms with Crippen LogP contribution in [0.2, 0.25) is 0 Å². The Morgan fingerprint density at radius 2 is 2.22 bits per heavy atom. The number of rotatable bonds is 1. The van der Waals surface area contributed by atoms with E-state index in [9.17, 15) is 4.79 Å². The molecule has 0 aromatic heterocycles. The summed E-state index contributed by atoms with van der Waals surface area (Å²) in [7, 11) is 0. The van der Waals surface area contributed by atoms with Crippen LogP contribution in [0.15, 0.2) is 4.99 Å². The summed E-state index contributed by atoms with van der Waals surface area (Å²) in [5.74, 6) is 0.592. The van der Waals surface area contributed by atoms with E-state index in [1.807, 2.05) is 27.7 Å². The molecule has 3 unspecified atom stereocenters. The molecule has 102 valence electrons. The third-order valence-electron chi connectivity index (χ3n) is 2.84. The first-order valence-corrected chi connectivity index (χ1v) is 6.24. The van der Waals surface area contributed by atoms with Gasteiger partial charge in [-0.1, -0.05) is 0 Å². The Bertz CT molecular complexity index is 373. The second kappa shape index (κ2) is 4.42. The van der Waals surface area contributed by atoms with Crippen molar-refractivity contribution in [2.75, 3.05) is 13.1 Å². The van der Waals surface area contributed by atoms with E-state index in [1.165, 1.54) is 0 Å². The van der Waals surface area contributed by atoms with Crippen LogP contribution >= 0.6 is 0 Å². The molecule has 0 aromatic rings. The minimum Gasteiger partial charge on any atom is -0.472 e. The Balaban J connectivity index is 1.93. The predicted octanol–water partition coefficient (Wildman–Crippen LogP) is 0.750. The van der Waals surface area contributed by atoms with Crippen LogP contribution in [0.25, 0.3) is 0 Å². The molecule has 1 amide bonds. The zero-order valence-corrected chi connectivity index (χ0v) is 11.3. The molecule has 0 aromatic carbocycles. The zero-order chi connectivity index (χ0) is 13.5. The van der Waals surface area contributed by atoms with Crippen LogP contribution in [0.1, 0.15) is 27.7 Å².